The Bertz CT molecular complexity index is 541. The number of rotatable bonds is 4. The first kappa shape index (κ1) is 16.1. The molecule has 2 N–H and O–H groups in total. The molecule has 0 spiro atoms. The van der Waals surface area contributed by atoms with Gasteiger partial charge < -0.3 is 10.3 Å². The first-order valence-corrected chi connectivity index (χ1v) is 6.89. The Morgan fingerprint density at radius 3 is 2.26 bits per heavy atom. The molecule has 0 saturated heterocycles. The first-order chi connectivity index (χ1) is 8.57. The molecule has 2 aromatic rings. The molecule has 1 aromatic carbocycles. The minimum absolute atomic E-state index is 0. The van der Waals surface area contributed by atoms with Crippen LogP contribution in [-0.4, -0.2) is 11.1 Å². The van der Waals surface area contributed by atoms with Gasteiger partial charge in [0.1, 0.15) is 0 Å². The number of halogens is 1. The third kappa shape index (κ3) is 2.80. The SMILES string of the molecule is CC(C)c1c(CCN)c2ccccc2n1C(C)C.Cl. The van der Waals surface area contributed by atoms with Gasteiger partial charge in [0, 0.05) is 22.6 Å². The zero-order valence-electron chi connectivity index (χ0n) is 12.3. The van der Waals surface area contributed by atoms with Crippen molar-refractivity contribution in [3.05, 3.63) is 35.5 Å². The quantitative estimate of drug-likeness (QED) is 0.891. The molecule has 0 aliphatic heterocycles. The summed E-state index contributed by atoms with van der Waals surface area (Å²) >= 11 is 0. The largest absolute Gasteiger partial charge is 0.342 e. The summed E-state index contributed by atoms with van der Waals surface area (Å²) < 4.78 is 2.48. The normalized spacial score (nSPS) is 11.3. The summed E-state index contributed by atoms with van der Waals surface area (Å²) in [6.45, 7) is 9.77. The van der Waals surface area contributed by atoms with E-state index < -0.39 is 0 Å². The predicted molar refractivity (Wildman–Crippen MR) is 86.4 cm³/mol. The Kier molecular flexibility index (Phi) is 5.45. The summed E-state index contributed by atoms with van der Waals surface area (Å²) in [6.07, 6.45) is 0.966. The van der Waals surface area contributed by atoms with Crippen LogP contribution in [0.1, 0.15) is 50.9 Å². The Hall–Kier alpha value is -0.990. The van der Waals surface area contributed by atoms with Crippen LogP contribution in [-0.2, 0) is 6.42 Å². The minimum atomic E-state index is 0. The average molecular weight is 281 g/mol. The average Bonchev–Trinajstić information content (AvgIpc) is 2.65. The van der Waals surface area contributed by atoms with Crippen molar-refractivity contribution in [2.75, 3.05) is 6.54 Å². The van der Waals surface area contributed by atoms with Crippen molar-refractivity contribution < 1.29 is 0 Å². The highest BCUT2D eigenvalue weighted by Gasteiger charge is 2.19. The summed E-state index contributed by atoms with van der Waals surface area (Å²) in [6, 6.07) is 9.18. The molecule has 0 radical (unpaired) electrons. The van der Waals surface area contributed by atoms with Gasteiger partial charge in [-0.1, -0.05) is 32.0 Å². The van der Waals surface area contributed by atoms with E-state index in [1.54, 1.807) is 0 Å². The number of hydrogen-bond acceptors (Lipinski definition) is 1. The summed E-state index contributed by atoms with van der Waals surface area (Å²) in [4.78, 5) is 0. The molecule has 0 aliphatic rings. The Morgan fingerprint density at radius 2 is 1.74 bits per heavy atom. The molecule has 0 aliphatic carbocycles. The fraction of sp³-hybridized carbons (Fsp3) is 0.500. The van der Waals surface area contributed by atoms with Crippen LogP contribution >= 0.6 is 12.4 Å². The number of benzene rings is 1. The molecular weight excluding hydrogens is 256 g/mol. The van der Waals surface area contributed by atoms with Crippen molar-refractivity contribution in [1.82, 2.24) is 4.57 Å². The molecular formula is C16H25ClN2. The van der Waals surface area contributed by atoms with E-state index in [1.165, 1.54) is 22.2 Å². The van der Waals surface area contributed by atoms with Crippen LogP contribution in [0.2, 0.25) is 0 Å². The summed E-state index contributed by atoms with van der Waals surface area (Å²) in [5.74, 6) is 0.529. The van der Waals surface area contributed by atoms with Crippen LogP contribution in [0, 0.1) is 0 Å². The second-order valence-electron chi connectivity index (χ2n) is 5.54. The van der Waals surface area contributed by atoms with E-state index in [0.717, 1.165) is 6.42 Å². The third-order valence-electron chi connectivity index (χ3n) is 3.52. The molecule has 1 heterocycles. The van der Waals surface area contributed by atoms with Gasteiger partial charge in [-0.2, -0.15) is 0 Å². The van der Waals surface area contributed by atoms with E-state index in [0.29, 0.717) is 18.5 Å². The van der Waals surface area contributed by atoms with Crippen LogP contribution < -0.4 is 5.73 Å². The van der Waals surface area contributed by atoms with Crippen molar-refractivity contribution in [1.29, 1.82) is 0 Å². The van der Waals surface area contributed by atoms with E-state index in [9.17, 15) is 0 Å². The molecule has 2 rings (SSSR count). The molecule has 1 aromatic heterocycles. The third-order valence-corrected chi connectivity index (χ3v) is 3.52. The van der Waals surface area contributed by atoms with Gasteiger partial charge in [-0.05, 0) is 44.4 Å². The molecule has 19 heavy (non-hydrogen) atoms. The lowest BCUT2D eigenvalue weighted by Gasteiger charge is -2.18. The molecule has 0 atom stereocenters. The molecule has 106 valence electrons. The molecule has 0 bridgehead atoms. The lowest BCUT2D eigenvalue weighted by molar-refractivity contribution is 0.572. The predicted octanol–water partition coefficient (Wildman–Crippen LogP) is 4.27. The molecule has 0 unspecified atom stereocenters. The molecule has 0 saturated carbocycles. The van der Waals surface area contributed by atoms with Crippen LogP contribution in [0.25, 0.3) is 10.9 Å². The monoisotopic (exact) mass is 280 g/mol. The highest BCUT2D eigenvalue weighted by Crippen LogP contribution is 2.33. The summed E-state index contributed by atoms with van der Waals surface area (Å²) in [5, 5.41) is 1.38. The van der Waals surface area contributed by atoms with E-state index in [4.69, 9.17) is 5.73 Å². The Labute approximate surface area is 122 Å². The zero-order chi connectivity index (χ0) is 13.3. The maximum atomic E-state index is 5.80. The second-order valence-corrected chi connectivity index (χ2v) is 5.54. The lowest BCUT2D eigenvalue weighted by atomic mass is 10.0. The van der Waals surface area contributed by atoms with E-state index >= 15 is 0 Å². The van der Waals surface area contributed by atoms with Gasteiger partial charge in [0.15, 0.2) is 0 Å². The van der Waals surface area contributed by atoms with Crippen molar-refractivity contribution in [2.24, 2.45) is 5.73 Å². The number of aromatic nitrogens is 1. The Balaban J connectivity index is 0.00000180. The molecule has 0 fully saturated rings. The summed E-state index contributed by atoms with van der Waals surface area (Å²) in [5.41, 5.74) is 10.0. The van der Waals surface area contributed by atoms with Crippen molar-refractivity contribution in [3.63, 3.8) is 0 Å². The van der Waals surface area contributed by atoms with Gasteiger partial charge in [-0.25, -0.2) is 0 Å². The number of nitrogens with two attached hydrogens (primary N) is 1. The molecule has 3 heteroatoms. The number of para-hydroxylation sites is 1. The highest BCUT2D eigenvalue weighted by molar-refractivity contribution is 5.86. The summed E-state index contributed by atoms with van der Waals surface area (Å²) in [7, 11) is 0. The number of hydrogen-bond donors (Lipinski definition) is 1. The van der Waals surface area contributed by atoms with Crippen LogP contribution in [0.4, 0.5) is 0 Å². The van der Waals surface area contributed by atoms with Gasteiger partial charge >= 0.3 is 0 Å². The van der Waals surface area contributed by atoms with Crippen molar-refractivity contribution >= 4 is 23.3 Å². The van der Waals surface area contributed by atoms with Gasteiger partial charge in [0.2, 0.25) is 0 Å². The maximum absolute atomic E-state index is 5.80. The standard InChI is InChI=1S/C16H24N2.ClH/c1-11(2)16-14(9-10-17)13-7-5-6-8-15(13)18(16)12(3)4;/h5-8,11-12H,9-10,17H2,1-4H3;1H. The van der Waals surface area contributed by atoms with Crippen LogP contribution in [0.5, 0.6) is 0 Å². The van der Waals surface area contributed by atoms with Crippen LogP contribution in [0.3, 0.4) is 0 Å². The fourth-order valence-corrected chi connectivity index (χ4v) is 2.94. The minimum Gasteiger partial charge on any atom is -0.342 e. The first-order valence-electron chi connectivity index (χ1n) is 6.89. The van der Waals surface area contributed by atoms with Gasteiger partial charge in [0.05, 0.1) is 0 Å². The molecule has 0 amide bonds. The van der Waals surface area contributed by atoms with Crippen molar-refractivity contribution in [2.45, 2.75) is 46.1 Å². The number of fused-ring (bicyclic) bond motifs is 1. The van der Waals surface area contributed by atoms with E-state index in [-0.39, 0.29) is 12.4 Å². The van der Waals surface area contributed by atoms with Crippen molar-refractivity contribution in [3.8, 4) is 0 Å². The second kappa shape index (κ2) is 6.44. The Morgan fingerprint density at radius 1 is 1.11 bits per heavy atom. The molecule has 2 nitrogen and oxygen atoms in total. The highest BCUT2D eigenvalue weighted by atomic mass is 35.5. The topological polar surface area (TPSA) is 30.9 Å². The zero-order valence-corrected chi connectivity index (χ0v) is 13.1. The lowest BCUT2D eigenvalue weighted by Crippen LogP contribution is -2.10. The van der Waals surface area contributed by atoms with Gasteiger partial charge in [-0.3, -0.25) is 0 Å². The van der Waals surface area contributed by atoms with E-state index in [2.05, 4.69) is 56.5 Å². The fourth-order valence-electron chi connectivity index (χ4n) is 2.94. The van der Waals surface area contributed by atoms with Crippen LogP contribution in [0.15, 0.2) is 24.3 Å². The maximum Gasteiger partial charge on any atom is 0.0487 e. The van der Waals surface area contributed by atoms with Gasteiger partial charge in [-0.15, -0.1) is 12.4 Å². The smallest absolute Gasteiger partial charge is 0.0487 e. The number of nitrogens with zero attached hydrogens (tertiary/aromatic N) is 1. The van der Waals surface area contributed by atoms with Gasteiger partial charge in [0.25, 0.3) is 0 Å². The van der Waals surface area contributed by atoms with E-state index in [1.807, 2.05) is 0 Å².